The first-order chi connectivity index (χ1) is 11.7. The Morgan fingerprint density at radius 2 is 2.12 bits per heavy atom. The van der Waals surface area contributed by atoms with Crippen LogP contribution < -0.4 is 10.2 Å². The Balaban J connectivity index is 1.65. The maximum atomic E-state index is 9.24. The van der Waals surface area contributed by atoms with Gasteiger partial charge in [0.25, 0.3) is 0 Å². The van der Waals surface area contributed by atoms with Crippen LogP contribution in [0.15, 0.2) is 30.6 Å². The molecule has 0 spiro atoms. The number of para-hydroxylation sites is 1. The Hall–Kier alpha value is -2.32. The summed E-state index contributed by atoms with van der Waals surface area (Å²) in [4.78, 5) is 10.9. The summed E-state index contributed by atoms with van der Waals surface area (Å²) in [5.74, 6) is 0.996. The molecule has 1 fully saturated rings. The van der Waals surface area contributed by atoms with E-state index < -0.39 is 0 Å². The highest BCUT2D eigenvalue weighted by molar-refractivity contribution is 6.33. The van der Waals surface area contributed by atoms with E-state index in [1.54, 1.807) is 18.5 Å². The summed E-state index contributed by atoms with van der Waals surface area (Å²) in [6.45, 7) is 3.94. The molecule has 2 heterocycles. The van der Waals surface area contributed by atoms with Gasteiger partial charge in [0.2, 0.25) is 0 Å². The fourth-order valence-corrected chi connectivity index (χ4v) is 3.20. The van der Waals surface area contributed by atoms with Crippen molar-refractivity contribution in [2.45, 2.75) is 32.2 Å². The predicted octanol–water partition coefficient (Wildman–Crippen LogP) is 3.64. The first-order valence-electron chi connectivity index (χ1n) is 8.22. The lowest BCUT2D eigenvalue weighted by atomic mass is 10.0. The highest BCUT2D eigenvalue weighted by Crippen LogP contribution is 2.28. The number of anilines is 2. The van der Waals surface area contributed by atoms with Gasteiger partial charge in [0.1, 0.15) is 18.2 Å². The Morgan fingerprint density at radius 3 is 2.83 bits per heavy atom. The van der Waals surface area contributed by atoms with Crippen LogP contribution in [0.25, 0.3) is 0 Å². The number of halogens is 1. The van der Waals surface area contributed by atoms with Crippen molar-refractivity contribution < 1.29 is 0 Å². The standard InChI is InChI=1S/C18H20ClN5/c1-2-14-10-17(22-12-21-14)24-8-6-15(7-9-24)23-18-13(11-20)4-3-5-16(18)19/h3-5,10,12,15,23H,2,6-9H2,1H3. The average Bonchev–Trinajstić information content (AvgIpc) is 2.64. The van der Waals surface area contributed by atoms with Crippen LogP contribution in [-0.2, 0) is 6.42 Å². The van der Waals surface area contributed by atoms with Crippen LogP contribution in [0.3, 0.4) is 0 Å². The van der Waals surface area contributed by atoms with Gasteiger partial charge >= 0.3 is 0 Å². The van der Waals surface area contributed by atoms with Gasteiger partial charge in [-0.2, -0.15) is 5.26 Å². The molecule has 124 valence electrons. The van der Waals surface area contributed by atoms with Gasteiger partial charge < -0.3 is 10.2 Å². The largest absolute Gasteiger partial charge is 0.380 e. The third kappa shape index (κ3) is 3.60. The van der Waals surface area contributed by atoms with E-state index in [0.717, 1.165) is 49.6 Å². The minimum Gasteiger partial charge on any atom is -0.380 e. The number of piperidine rings is 1. The smallest absolute Gasteiger partial charge is 0.132 e. The SMILES string of the molecule is CCc1cc(N2CCC(Nc3c(Cl)cccc3C#N)CC2)ncn1. The molecule has 0 amide bonds. The minimum atomic E-state index is 0.306. The van der Waals surface area contributed by atoms with Crippen molar-refractivity contribution in [3.63, 3.8) is 0 Å². The maximum absolute atomic E-state index is 9.24. The lowest BCUT2D eigenvalue weighted by Crippen LogP contribution is -2.39. The number of hydrogen-bond donors (Lipinski definition) is 1. The van der Waals surface area contributed by atoms with Gasteiger partial charge in [-0.25, -0.2) is 9.97 Å². The fourth-order valence-electron chi connectivity index (χ4n) is 2.97. The van der Waals surface area contributed by atoms with Gasteiger partial charge in [0.15, 0.2) is 0 Å². The average molecular weight is 342 g/mol. The number of nitriles is 1. The first-order valence-corrected chi connectivity index (χ1v) is 8.60. The molecule has 1 aromatic heterocycles. The summed E-state index contributed by atoms with van der Waals surface area (Å²) < 4.78 is 0. The lowest BCUT2D eigenvalue weighted by Gasteiger charge is -2.34. The monoisotopic (exact) mass is 341 g/mol. The van der Waals surface area contributed by atoms with E-state index in [0.29, 0.717) is 16.6 Å². The summed E-state index contributed by atoms with van der Waals surface area (Å²) in [6.07, 6.45) is 4.50. The van der Waals surface area contributed by atoms with Crippen LogP contribution in [0.5, 0.6) is 0 Å². The number of aryl methyl sites for hydroxylation is 1. The van der Waals surface area contributed by atoms with Crippen LogP contribution in [0.2, 0.25) is 5.02 Å². The molecule has 0 atom stereocenters. The quantitative estimate of drug-likeness (QED) is 0.919. The number of benzene rings is 1. The predicted molar refractivity (Wildman–Crippen MR) is 96.4 cm³/mol. The van der Waals surface area contributed by atoms with E-state index in [-0.39, 0.29) is 0 Å². The molecule has 1 aliphatic heterocycles. The maximum Gasteiger partial charge on any atom is 0.132 e. The van der Waals surface area contributed by atoms with Crippen molar-refractivity contribution in [1.82, 2.24) is 9.97 Å². The molecule has 0 radical (unpaired) electrons. The van der Waals surface area contributed by atoms with Crippen molar-refractivity contribution >= 4 is 23.1 Å². The fraction of sp³-hybridized carbons (Fsp3) is 0.389. The van der Waals surface area contributed by atoms with Gasteiger partial charge in [-0.3, -0.25) is 0 Å². The van der Waals surface area contributed by atoms with Crippen LogP contribution in [0.4, 0.5) is 11.5 Å². The number of nitrogens with zero attached hydrogens (tertiary/aromatic N) is 4. The molecule has 1 aromatic carbocycles. The summed E-state index contributed by atoms with van der Waals surface area (Å²) in [5, 5.41) is 13.3. The van der Waals surface area contributed by atoms with Gasteiger partial charge in [0.05, 0.1) is 16.3 Å². The Morgan fingerprint density at radius 1 is 1.33 bits per heavy atom. The molecule has 0 saturated carbocycles. The molecule has 24 heavy (non-hydrogen) atoms. The molecule has 1 saturated heterocycles. The van der Waals surface area contributed by atoms with E-state index in [9.17, 15) is 5.26 Å². The molecular formula is C18H20ClN5. The summed E-state index contributed by atoms with van der Waals surface area (Å²) in [5.41, 5.74) is 2.40. The Bertz CT molecular complexity index is 747. The molecule has 0 unspecified atom stereocenters. The van der Waals surface area contributed by atoms with E-state index in [2.05, 4.69) is 39.2 Å². The van der Waals surface area contributed by atoms with Crippen molar-refractivity contribution in [2.75, 3.05) is 23.3 Å². The topological polar surface area (TPSA) is 64.8 Å². The van der Waals surface area contributed by atoms with Gasteiger partial charge in [0, 0.05) is 30.9 Å². The van der Waals surface area contributed by atoms with Crippen molar-refractivity contribution in [1.29, 1.82) is 5.26 Å². The molecule has 6 heteroatoms. The number of rotatable bonds is 4. The highest BCUT2D eigenvalue weighted by Gasteiger charge is 2.21. The van der Waals surface area contributed by atoms with Crippen LogP contribution in [0.1, 0.15) is 31.0 Å². The van der Waals surface area contributed by atoms with Gasteiger partial charge in [-0.15, -0.1) is 0 Å². The van der Waals surface area contributed by atoms with Crippen LogP contribution in [-0.4, -0.2) is 29.1 Å². The molecule has 0 aliphatic carbocycles. The van der Waals surface area contributed by atoms with E-state index in [1.807, 2.05) is 6.07 Å². The molecule has 5 nitrogen and oxygen atoms in total. The summed E-state index contributed by atoms with van der Waals surface area (Å²) in [7, 11) is 0. The van der Waals surface area contributed by atoms with E-state index >= 15 is 0 Å². The van der Waals surface area contributed by atoms with Crippen LogP contribution in [0, 0.1) is 11.3 Å². The first kappa shape index (κ1) is 16.5. The van der Waals surface area contributed by atoms with Crippen molar-refractivity contribution in [2.24, 2.45) is 0 Å². The minimum absolute atomic E-state index is 0.306. The second-order valence-corrected chi connectivity index (χ2v) is 6.31. The molecule has 2 aromatic rings. The van der Waals surface area contributed by atoms with Crippen LogP contribution >= 0.6 is 11.6 Å². The summed E-state index contributed by atoms with van der Waals surface area (Å²) in [6, 6.07) is 9.97. The van der Waals surface area contributed by atoms with E-state index in [4.69, 9.17) is 11.6 Å². The molecule has 0 bridgehead atoms. The number of aromatic nitrogens is 2. The molecule has 1 aliphatic rings. The van der Waals surface area contributed by atoms with Crippen molar-refractivity contribution in [3.05, 3.63) is 46.9 Å². The normalized spacial score (nSPS) is 15.1. The van der Waals surface area contributed by atoms with E-state index in [1.165, 1.54) is 0 Å². The summed E-state index contributed by atoms with van der Waals surface area (Å²) >= 11 is 6.24. The van der Waals surface area contributed by atoms with Crippen molar-refractivity contribution in [3.8, 4) is 6.07 Å². The zero-order valence-electron chi connectivity index (χ0n) is 13.7. The highest BCUT2D eigenvalue weighted by atomic mass is 35.5. The second kappa shape index (κ2) is 7.50. The third-order valence-corrected chi connectivity index (χ3v) is 4.69. The zero-order valence-corrected chi connectivity index (χ0v) is 14.4. The van der Waals surface area contributed by atoms with Gasteiger partial charge in [-0.1, -0.05) is 24.6 Å². The Labute approximate surface area is 147 Å². The third-order valence-electron chi connectivity index (χ3n) is 4.37. The zero-order chi connectivity index (χ0) is 16.9. The molecule has 3 rings (SSSR count). The number of hydrogen-bond acceptors (Lipinski definition) is 5. The number of nitrogens with one attached hydrogen (secondary N) is 1. The van der Waals surface area contributed by atoms with Gasteiger partial charge in [-0.05, 0) is 31.4 Å². The molecular weight excluding hydrogens is 322 g/mol. The Kier molecular flexibility index (Phi) is 5.17. The lowest BCUT2D eigenvalue weighted by molar-refractivity contribution is 0.523. The molecule has 1 N–H and O–H groups in total. The second-order valence-electron chi connectivity index (χ2n) is 5.90.